The topological polar surface area (TPSA) is 144 Å². The van der Waals surface area contributed by atoms with Crippen LogP contribution in [0, 0.1) is 50.7 Å². The molecule has 47 heavy (non-hydrogen) atoms. The molecular weight excluding hydrogens is 604 g/mol. The van der Waals surface area contributed by atoms with Gasteiger partial charge in [-0.2, -0.15) is 0 Å². The molecule has 5 aliphatic carbocycles. The Morgan fingerprint density at radius 1 is 0.894 bits per heavy atom. The summed E-state index contributed by atoms with van der Waals surface area (Å²) in [7, 11) is 0. The number of carbonyl (C=O) groups is 1. The van der Waals surface area contributed by atoms with Gasteiger partial charge in [0.05, 0.1) is 18.8 Å². The van der Waals surface area contributed by atoms with Gasteiger partial charge in [-0.25, -0.2) is 0 Å². The van der Waals surface area contributed by atoms with Crippen molar-refractivity contribution in [1.82, 2.24) is 0 Å². The second kappa shape index (κ2) is 10.0. The minimum Gasteiger partial charge on any atom is -0.462 e. The molecule has 10 heteroatoms. The lowest BCUT2D eigenvalue weighted by atomic mass is 9.40. The summed E-state index contributed by atoms with van der Waals surface area (Å²) in [6, 6.07) is 0. The Hall–Kier alpha value is -1.11. The molecule has 3 aliphatic heterocycles. The van der Waals surface area contributed by atoms with Gasteiger partial charge in [-0.1, -0.05) is 41.2 Å². The Bertz CT molecular complexity index is 1350. The number of ether oxygens (including phenoxy) is 5. The van der Waals surface area contributed by atoms with Crippen LogP contribution in [0.1, 0.15) is 93.4 Å². The first-order valence-corrected chi connectivity index (χ1v) is 18.1. The zero-order valence-corrected chi connectivity index (χ0v) is 29.1. The van der Waals surface area contributed by atoms with Crippen molar-refractivity contribution in [2.45, 2.75) is 154 Å². The van der Waals surface area contributed by atoms with E-state index < -0.39 is 53.4 Å². The molecule has 3 heterocycles. The monoisotopic (exact) mass is 660 g/mol. The molecular formula is C37H56O10. The lowest BCUT2D eigenvalue weighted by Crippen LogP contribution is -2.65. The van der Waals surface area contributed by atoms with Gasteiger partial charge in [0.2, 0.25) is 0 Å². The van der Waals surface area contributed by atoms with Crippen molar-refractivity contribution in [2.24, 2.45) is 50.7 Å². The maximum Gasteiger partial charge on any atom is 0.302 e. The Morgan fingerprint density at radius 3 is 2.28 bits per heavy atom. The molecule has 18 atom stereocenters. The molecule has 0 unspecified atom stereocenters. The van der Waals surface area contributed by atoms with E-state index in [1.54, 1.807) is 0 Å². The average Bonchev–Trinajstić information content (AvgIpc) is 3.49. The lowest BCUT2D eigenvalue weighted by molar-refractivity contribution is -0.304. The smallest absolute Gasteiger partial charge is 0.302 e. The SMILES string of the molecule is C=C(C)[C@@H]1O[C@@]23O[C@@H]1C[C@@H](C)[C@@H]2[C@@]1(C)[C@H](OC(C)=O)C[C@@]24C[C@@]25CC[C@H](O[C@@H]2OC[C@H](O)[C@H](O)[C@H]2O)C(C)(C)[C@@H]5CC[C@H]4[C@]1(C)[C@H]3O. The van der Waals surface area contributed by atoms with Crippen LogP contribution in [0.4, 0.5) is 0 Å². The van der Waals surface area contributed by atoms with Crippen LogP contribution >= 0.6 is 0 Å². The first-order valence-electron chi connectivity index (χ1n) is 18.1. The van der Waals surface area contributed by atoms with Crippen molar-refractivity contribution < 1.29 is 48.9 Å². The minimum absolute atomic E-state index is 0.000687. The molecule has 8 aliphatic rings. The fraction of sp³-hybridized carbons (Fsp3) is 0.919. The molecule has 0 radical (unpaired) electrons. The second-order valence-corrected chi connectivity index (χ2v) is 18.1. The predicted octanol–water partition coefficient (Wildman–Crippen LogP) is 3.47. The van der Waals surface area contributed by atoms with Gasteiger partial charge in [0.1, 0.15) is 36.6 Å². The van der Waals surface area contributed by atoms with E-state index in [0.717, 1.165) is 50.5 Å². The van der Waals surface area contributed by atoms with Crippen LogP contribution in [0.25, 0.3) is 0 Å². The summed E-state index contributed by atoms with van der Waals surface area (Å²) in [6.45, 7) is 18.9. The van der Waals surface area contributed by atoms with E-state index in [1.807, 2.05) is 6.92 Å². The number of hydrogen-bond donors (Lipinski definition) is 4. The molecule has 0 aromatic heterocycles. The van der Waals surface area contributed by atoms with Crippen molar-refractivity contribution in [3.63, 3.8) is 0 Å². The molecule has 2 bridgehead atoms. The number of rotatable bonds is 4. The normalized spacial score (nSPS) is 59.9. The van der Waals surface area contributed by atoms with Crippen LogP contribution in [0.3, 0.4) is 0 Å². The Kier molecular flexibility index (Phi) is 7.05. The highest BCUT2D eigenvalue weighted by atomic mass is 16.8. The number of aliphatic hydroxyl groups excluding tert-OH is 4. The van der Waals surface area contributed by atoms with Gasteiger partial charge >= 0.3 is 5.97 Å². The van der Waals surface area contributed by atoms with Crippen molar-refractivity contribution in [2.75, 3.05) is 6.61 Å². The summed E-state index contributed by atoms with van der Waals surface area (Å²) in [4.78, 5) is 12.9. The molecule has 4 N–H and O–H groups in total. The maximum absolute atomic E-state index is 12.9. The van der Waals surface area contributed by atoms with Crippen molar-refractivity contribution in [3.8, 4) is 0 Å². The van der Waals surface area contributed by atoms with E-state index in [2.05, 4.69) is 41.2 Å². The largest absolute Gasteiger partial charge is 0.462 e. The molecule has 3 saturated heterocycles. The van der Waals surface area contributed by atoms with Gasteiger partial charge in [-0.05, 0) is 91.4 Å². The van der Waals surface area contributed by atoms with Gasteiger partial charge in [0.15, 0.2) is 12.1 Å². The van der Waals surface area contributed by atoms with Crippen LogP contribution in [0.5, 0.6) is 0 Å². The van der Waals surface area contributed by atoms with Crippen molar-refractivity contribution >= 4 is 5.97 Å². The molecule has 8 fully saturated rings. The first kappa shape index (κ1) is 33.1. The third-order valence-corrected chi connectivity index (χ3v) is 16.0. The fourth-order valence-electron chi connectivity index (χ4n) is 14.1. The van der Waals surface area contributed by atoms with E-state index in [1.165, 1.54) is 6.92 Å². The number of fused-ring (bicyclic) bond motifs is 4. The van der Waals surface area contributed by atoms with E-state index in [0.29, 0.717) is 5.92 Å². The van der Waals surface area contributed by atoms with E-state index in [4.69, 9.17) is 23.7 Å². The third-order valence-electron chi connectivity index (χ3n) is 16.0. The summed E-state index contributed by atoms with van der Waals surface area (Å²) in [5, 5.41) is 43.8. The number of aliphatic hydroxyl groups is 4. The molecule has 264 valence electrons. The molecule has 3 spiro atoms. The van der Waals surface area contributed by atoms with Gasteiger partial charge in [0, 0.05) is 23.7 Å². The molecule has 8 rings (SSSR count). The molecule has 5 saturated carbocycles. The van der Waals surface area contributed by atoms with Crippen LogP contribution in [0.15, 0.2) is 12.2 Å². The minimum atomic E-state index is -1.33. The molecule has 0 amide bonds. The van der Waals surface area contributed by atoms with Crippen LogP contribution in [-0.4, -0.2) is 93.9 Å². The summed E-state index contributed by atoms with van der Waals surface area (Å²) in [5.41, 5.74) is -0.690. The average molecular weight is 661 g/mol. The number of esters is 1. The third kappa shape index (κ3) is 3.78. The number of carbonyl (C=O) groups excluding carboxylic acids is 1. The lowest BCUT2D eigenvalue weighted by Gasteiger charge is -2.65. The van der Waals surface area contributed by atoms with E-state index >= 15 is 0 Å². The second-order valence-electron chi connectivity index (χ2n) is 18.1. The summed E-state index contributed by atoms with van der Waals surface area (Å²) >= 11 is 0. The van der Waals surface area contributed by atoms with Gasteiger partial charge in [-0.15, -0.1) is 0 Å². The highest BCUT2D eigenvalue weighted by molar-refractivity contribution is 5.66. The van der Waals surface area contributed by atoms with Gasteiger partial charge in [-0.3, -0.25) is 4.79 Å². The highest BCUT2D eigenvalue weighted by Gasteiger charge is 2.90. The zero-order chi connectivity index (χ0) is 33.9. The molecule has 0 aromatic carbocycles. The molecule has 10 nitrogen and oxygen atoms in total. The van der Waals surface area contributed by atoms with Crippen LogP contribution in [-0.2, 0) is 28.5 Å². The fourth-order valence-corrected chi connectivity index (χ4v) is 14.1. The van der Waals surface area contributed by atoms with Gasteiger partial charge in [0.25, 0.3) is 0 Å². The maximum atomic E-state index is 12.9. The summed E-state index contributed by atoms with van der Waals surface area (Å²) in [5.74, 6) is -0.937. The standard InChI is InChI=1S/C37H56O10/c1-17(2)28-21-13-18(3)29-34(8)25(44-19(4)38)14-36-16-35(36)12-11-24(45-30-27(41)26(40)20(39)15-43-30)32(5,6)22(35)9-10-23(36)33(34,7)31(42)37(29,46-21)47-28/h18,20-31,39-42H,1,9-16H2,2-8H3/t18-,20+,21-,22+,23+,24+,25-,26+,27-,28+,29-,30+,31-,33-,34-,35-,36+,37+/m1/s1. The number of hydrogen-bond acceptors (Lipinski definition) is 10. The summed E-state index contributed by atoms with van der Waals surface area (Å²) < 4.78 is 32.3. The van der Waals surface area contributed by atoms with Crippen molar-refractivity contribution in [3.05, 3.63) is 12.2 Å². The van der Waals surface area contributed by atoms with E-state index in [9.17, 15) is 25.2 Å². The summed E-state index contributed by atoms with van der Waals surface area (Å²) in [6.07, 6.45) is -0.572. The first-order chi connectivity index (χ1) is 21.9. The van der Waals surface area contributed by atoms with Gasteiger partial charge < -0.3 is 44.1 Å². The Labute approximate surface area is 278 Å². The predicted molar refractivity (Wildman–Crippen MR) is 168 cm³/mol. The van der Waals surface area contributed by atoms with Crippen molar-refractivity contribution in [1.29, 1.82) is 0 Å². The Morgan fingerprint density at radius 2 is 1.60 bits per heavy atom. The zero-order valence-electron chi connectivity index (χ0n) is 29.1. The van der Waals surface area contributed by atoms with E-state index in [-0.39, 0.29) is 64.9 Å². The van der Waals surface area contributed by atoms with Crippen LogP contribution < -0.4 is 0 Å². The molecule has 0 aromatic rings. The Balaban J connectivity index is 1.16. The quantitative estimate of drug-likeness (QED) is 0.201. The highest BCUT2D eigenvalue weighted by Crippen LogP contribution is 2.90. The van der Waals surface area contributed by atoms with Crippen LogP contribution in [0.2, 0.25) is 0 Å².